The summed E-state index contributed by atoms with van der Waals surface area (Å²) in [4.78, 5) is 21.0. The maximum Gasteiger partial charge on any atom is 0.302 e. The average molecular weight is 203 g/mol. The Morgan fingerprint density at radius 3 is 2.50 bits per heavy atom. The molecule has 0 aliphatic rings. The van der Waals surface area contributed by atoms with Crippen molar-refractivity contribution < 1.29 is 19.4 Å². The third-order valence-electron chi connectivity index (χ3n) is 1.61. The largest absolute Gasteiger partial charge is 0.460 e. The topological polar surface area (TPSA) is 75.6 Å². The molecule has 1 unspecified atom stereocenters. The van der Waals surface area contributed by atoms with Crippen molar-refractivity contribution in [3.63, 3.8) is 0 Å². The van der Waals surface area contributed by atoms with Crippen LogP contribution in [0, 0.1) is 0 Å². The highest BCUT2D eigenvalue weighted by atomic mass is 16.5. The fourth-order valence-electron chi connectivity index (χ4n) is 1.02. The first kappa shape index (κ1) is 12.9. The Kier molecular flexibility index (Phi) is 6.74. The molecule has 0 aromatic carbocycles. The number of amides is 1. The Morgan fingerprint density at radius 1 is 1.43 bits per heavy atom. The van der Waals surface area contributed by atoms with E-state index in [9.17, 15) is 9.59 Å². The van der Waals surface area contributed by atoms with Crippen molar-refractivity contribution in [3.8, 4) is 0 Å². The van der Waals surface area contributed by atoms with Gasteiger partial charge in [-0.1, -0.05) is 0 Å². The monoisotopic (exact) mass is 203 g/mol. The van der Waals surface area contributed by atoms with Gasteiger partial charge in [-0.05, 0) is 12.8 Å². The third kappa shape index (κ3) is 7.54. The molecule has 0 saturated heterocycles. The van der Waals surface area contributed by atoms with E-state index < -0.39 is 12.1 Å². The second-order valence-corrected chi connectivity index (χ2v) is 3.04. The van der Waals surface area contributed by atoms with Gasteiger partial charge in [0.15, 0.2) is 0 Å². The first-order valence-corrected chi connectivity index (χ1v) is 4.58. The van der Waals surface area contributed by atoms with Crippen LogP contribution in [-0.2, 0) is 14.3 Å². The maximum atomic E-state index is 10.6. The Bertz CT molecular complexity index is 193. The zero-order chi connectivity index (χ0) is 11.0. The van der Waals surface area contributed by atoms with E-state index in [1.54, 1.807) is 0 Å². The first-order valence-electron chi connectivity index (χ1n) is 4.58. The zero-order valence-electron chi connectivity index (χ0n) is 8.58. The highest BCUT2D eigenvalue weighted by Gasteiger charge is 2.09. The number of ether oxygens (including phenoxy) is 1. The van der Waals surface area contributed by atoms with E-state index in [0.29, 0.717) is 19.4 Å². The van der Waals surface area contributed by atoms with Crippen LogP contribution in [0.15, 0.2) is 0 Å². The molecule has 2 N–H and O–H groups in total. The Labute approximate surface area is 83.4 Å². The summed E-state index contributed by atoms with van der Waals surface area (Å²) < 4.78 is 4.80. The van der Waals surface area contributed by atoms with Crippen molar-refractivity contribution in [2.24, 2.45) is 0 Å². The van der Waals surface area contributed by atoms with Gasteiger partial charge in [-0.3, -0.25) is 9.59 Å². The van der Waals surface area contributed by atoms with Gasteiger partial charge in [0.2, 0.25) is 5.91 Å². The summed E-state index contributed by atoms with van der Waals surface area (Å²) in [5.41, 5.74) is 0. The minimum absolute atomic E-state index is 0.0852. The van der Waals surface area contributed by atoms with E-state index in [0.717, 1.165) is 0 Å². The molecule has 82 valence electrons. The molecule has 5 heteroatoms. The molecule has 0 rings (SSSR count). The van der Waals surface area contributed by atoms with Gasteiger partial charge in [0.25, 0.3) is 0 Å². The van der Waals surface area contributed by atoms with Gasteiger partial charge in [0, 0.05) is 20.4 Å². The van der Waals surface area contributed by atoms with Crippen molar-refractivity contribution in [1.82, 2.24) is 5.32 Å². The molecule has 0 aromatic rings. The van der Waals surface area contributed by atoms with E-state index in [4.69, 9.17) is 9.84 Å². The lowest BCUT2D eigenvalue weighted by Crippen LogP contribution is -2.25. The second-order valence-electron chi connectivity index (χ2n) is 3.04. The fraction of sp³-hybridized carbons (Fsp3) is 0.778. The number of carbonyl (C=O) groups excluding carboxylic acids is 2. The number of nitrogens with one attached hydrogen (secondary N) is 1. The second kappa shape index (κ2) is 7.32. The summed E-state index contributed by atoms with van der Waals surface area (Å²) in [5, 5.41) is 11.4. The molecule has 14 heavy (non-hydrogen) atoms. The van der Waals surface area contributed by atoms with Gasteiger partial charge < -0.3 is 15.2 Å². The minimum Gasteiger partial charge on any atom is -0.460 e. The van der Waals surface area contributed by atoms with E-state index in [1.165, 1.54) is 13.8 Å². The van der Waals surface area contributed by atoms with Crippen molar-refractivity contribution >= 4 is 11.9 Å². The van der Waals surface area contributed by atoms with Gasteiger partial charge in [-0.25, -0.2) is 0 Å². The summed E-state index contributed by atoms with van der Waals surface area (Å²) in [6.07, 6.45) is 0.773. The molecule has 5 nitrogen and oxygen atoms in total. The lowest BCUT2D eigenvalue weighted by molar-refractivity contribution is -0.148. The lowest BCUT2D eigenvalue weighted by Gasteiger charge is -2.13. The van der Waals surface area contributed by atoms with Gasteiger partial charge in [-0.15, -0.1) is 0 Å². The van der Waals surface area contributed by atoms with Crippen LogP contribution < -0.4 is 5.32 Å². The lowest BCUT2D eigenvalue weighted by atomic mass is 10.2. The van der Waals surface area contributed by atoms with E-state index in [-0.39, 0.29) is 12.5 Å². The van der Waals surface area contributed by atoms with E-state index >= 15 is 0 Å². The fourth-order valence-corrected chi connectivity index (χ4v) is 1.02. The summed E-state index contributed by atoms with van der Waals surface area (Å²) >= 11 is 0. The number of esters is 1. The van der Waals surface area contributed by atoms with Gasteiger partial charge in [-0.2, -0.15) is 0 Å². The van der Waals surface area contributed by atoms with Crippen molar-refractivity contribution in [3.05, 3.63) is 0 Å². The SMILES string of the molecule is CC(=O)NCCCC(CO)OC(C)=O. The number of aliphatic hydroxyl groups excluding tert-OH is 1. The summed E-state index contributed by atoms with van der Waals surface area (Å²) in [7, 11) is 0. The molecule has 0 bridgehead atoms. The van der Waals surface area contributed by atoms with Gasteiger partial charge in [0.1, 0.15) is 6.10 Å². The Hall–Kier alpha value is -1.10. The molecule has 0 spiro atoms. The van der Waals surface area contributed by atoms with Crippen molar-refractivity contribution in [1.29, 1.82) is 0 Å². The van der Waals surface area contributed by atoms with Crippen LogP contribution in [0.25, 0.3) is 0 Å². The van der Waals surface area contributed by atoms with Crippen LogP contribution in [0.1, 0.15) is 26.7 Å². The van der Waals surface area contributed by atoms with Crippen LogP contribution in [0.3, 0.4) is 0 Å². The van der Waals surface area contributed by atoms with Gasteiger partial charge in [0.05, 0.1) is 6.61 Å². The molecule has 0 aliphatic carbocycles. The number of rotatable bonds is 6. The molecule has 0 aliphatic heterocycles. The van der Waals surface area contributed by atoms with Gasteiger partial charge >= 0.3 is 5.97 Å². The van der Waals surface area contributed by atoms with Crippen LogP contribution in [0.4, 0.5) is 0 Å². The summed E-state index contributed by atoms with van der Waals surface area (Å²) in [6, 6.07) is 0. The number of aliphatic hydroxyl groups is 1. The zero-order valence-corrected chi connectivity index (χ0v) is 8.58. The average Bonchev–Trinajstić information content (AvgIpc) is 2.09. The molecule has 0 fully saturated rings. The van der Waals surface area contributed by atoms with Crippen LogP contribution >= 0.6 is 0 Å². The predicted molar refractivity (Wildman–Crippen MR) is 50.6 cm³/mol. The molecular formula is C9H17NO4. The number of carbonyl (C=O) groups is 2. The Balaban J connectivity index is 3.52. The quantitative estimate of drug-likeness (QED) is 0.464. The maximum absolute atomic E-state index is 10.6. The summed E-state index contributed by atoms with van der Waals surface area (Å²) in [6.45, 7) is 3.10. The molecular weight excluding hydrogens is 186 g/mol. The molecule has 0 saturated carbocycles. The Morgan fingerprint density at radius 2 is 2.07 bits per heavy atom. The molecule has 1 atom stereocenters. The van der Waals surface area contributed by atoms with Crippen LogP contribution in [0.5, 0.6) is 0 Å². The van der Waals surface area contributed by atoms with Crippen LogP contribution in [0.2, 0.25) is 0 Å². The highest BCUT2D eigenvalue weighted by molar-refractivity contribution is 5.72. The molecule has 1 amide bonds. The standard InChI is InChI=1S/C9H17NO4/c1-7(12)10-5-3-4-9(6-11)14-8(2)13/h9,11H,3-6H2,1-2H3,(H,10,12). The smallest absolute Gasteiger partial charge is 0.302 e. The minimum atomic E-state index is -0.457. The van der Waals surface area contributed by atoms with E-state index in [1.807, 2.05) is 0 Å². The van der Waals surface area contributed by atoms with Crippen LogP contribution in [-0.4, -0.2) is 36.2 Å². The first-order chi connectivity index (χ1) is 6.56. The number of hydrogen-bond acceptors (Lipinski definition) is 4. The number of hydrogen-bond donors (Lipinski definition) is 2. The molecule has 0 heterocycles. The predicted octanol–water partition coefficient (Wildman–Crippen LogP) is -0.173. The molecule has 0 radical (unpaired) electrons. The van der Waals surface area contributed by atoms with E-state index in [2.05, 4.69) is 5.32 Å². The third-order valence-corrected chi connectivity index (χ3v) is 1.61. The van der Waals surface area contributed by atoms with Crippen molar-refractivity contribution in [2.45, 2.75) is 32.8 Å². The highest BCUT2D eigenvalue weighted by Crippen LogP contribution is 2.01. The molecule has 0 aromatic heterocycles. The van der Waals surface area contributed by atoms with Crippen molar-refractivity contribution in [2.75, 3.05) is 13.2 Å². The normalized spacial score (nSPS) is 11.9. The summed E-state index contributed by atoms with van der Waals surface area (Å²) in [5.74, 6) is -0.485.